The number of likely N-dealkylation sites (tertiary alicyclic amines) is 1. The number of carbonyl (C=O) groups excluding carboxylic acids is 2. The van der Waals surface area contributed by atoms with E-state index < -0.39 is 0 Å². The summed E-state index contributed by atoms with van der Waals surface area (Å²) in [5.74, 6) is 0.157. The maximum absolute atomic E-state index is 12.5. The van der Waals surface area contributed by atoms with Gasteiger partial charge in [0, 0.05) is 50.1 Å². The molecule has 0 aliphatic carbocycles. The molecule has 6 nitrogen and oxygen atoms in total. The topological polar surface area (TPSA) is 74.3 Å². The van der Waals surface area contributed by atoms with Gasteiger partial charge in [0.1, 0.15) is 0 Å². The van der Waals surface area contributed by atoms with Crippen molar-refractivity contribution < 1.29 is 9.59 Å². The van der Waals surface area contributed by atoms with E-state index in [4.69, 9.17) is 0 Å². The molecule has 0 saturated carbocycles. The number of aromatic nitrogens is 1. The molecule has 0 unspecified atom stereocenters. The lowest BCUT2D eigenvalue weighted by Crippen LogP contribution is -2.44. The SMILES string of the molecule is CCNC(=O)N1CCC[C@@H](c2cccc(C(=O)NCc3cccnc3)c2)C1. The standard InChI is InChI=1S/C21H26N4O2/c1-2-23-21(27)25-11-5-9-19(15-25)17-7-3-8-18(12-17)20(26)24-14-16-6-4-10-22-13-16/h3-4,6-8,10,12-13,19H,2,5,9,11,14-15H2,1H3,(H,23,27)(H,24,26)/t19-/m1/s1. The van der Waals surface area contributed by atoms with Crippen LogP contribution in [-0.4, -0.2) is 41.5 Å². The number of hydrogen-bond donors (Lipinski definition) is 2. The first-order valence-electron chi connectivity index (χ1n) is 9.47. The molecule has 3 rings (SSSR count). The van der Waals surface area contributed by atoms with Gasteiger partial charge in [0.25, 0.3) is 5.91 Å². The first-order valence-corrected chi connectivity index (χ1v) is 9.47. The number of carbonyl (C=O) groups is 2. The molecule has 1 atom stereocenters. The molecule has 27 heavy (non-hydrogen) atoms. The molecule has 2 N–H and O–H groups in total. The van der Waals surface area contributed by atoms with Gasteiger partial charge in [0.05, 0.1) is 0 Å². The lowest BCUT2D eigenvalue weighted by Gasteiger charge is -2.33. The zero-order valence-corrected chi connectivity index (χ0v) is 15.6. The predicted octanol–water partition coefficient (Wildman–Crippen LogP) is 2.92. The average molecular weight is 366 g/mol. The van der Waals surface area contributed by atoms with E-state index in [9.17, 15) is 9.59 Å². The molecule has 0 radical (unpaired) electrons. The third-order valence-electron chi connectivity index (χ3n) is 4.83. The second-order valence-corrected chi connectivity index (χ2v) is 6.79. The monoisotopic (exact) mass is 366 g/mol. The first-order chi connectivity index (χ1) is 13.2. The maximum atomic E-state index is 12.5. The number of pyridine rings is 1. The Kier molecular flexibility index (Phi) is 6.41. The fourth-order valence-electron chi connectivity index (χ4n) is 3.42. The normalized spacial score (nSPS) is 16.6. The molecular weight excluding hydrogens is 340 g/mol. The summed E-state index contributed by atoms with van der Waals surface area (Å²) in [6.07, 6.45) is 5.45. The van der Waals surface area contributed by atoms with Crippen molar-refractivity contribution in [3.63, 3.8) is 0 Å². The van der Waals surface area contributed by atoms with Gasteiger partial charge in [-0.3, -0.25) is 9.78 Å². The molecule has 1 fully saturated rings. The van der Waals surface area contributed by atoms with E-state index in [2.05, 4.69) is 15.6 Å². The summed E-state index contributed by atoms with van der Waals surface area (Å²) in [7, 11) is 0. The Morgan fingerprint density at radius 1 is 1.22 bits per heavy atom. The van der Waals surface area contributed by atoms with Crippen LogP contribution in [-0.2, 0) is 6.54 Å². The predicted molar refractivity (Wildman–Crippen MR) is 104 cm³/mol. The van der Waals surface area contributed by atoms with Crippen molar-refractivity contribution in [1.29, 1.82) is 0 Å². The van der Waals surface area contributed by atoms with Gasteiger partial charge in [-0.1, -0.05) is 18.2 Å². The number of piperidine rings is 1. The zero-order valence-electron chi connectivity index (χ0n) is 15.6. The van der Waals surface area contributed by atoms with Crippen LogP contribution in [0.15, 0.2) is 48.8 Å². The van der Waals surface area contributed by atoms with Crippen molar-refractivity contribution in [3.8, 4) is 0 Å². The highest BCUT2D eigenvalue weighted by Gasteiger charge is 2.24. The molecule has 142 valence electrons. The van der Waals surface area contributed by atoms with Crippen LogP contribution in [0.4, 0.5) is 4.79 Å². The fourth-order valence-corrected chi connectivity index (χ4v) is 3.42. The van der Waals surface area contributed by atoms with E-state index in [1.165, 1.54) is 0 Å². The van der Waals surface area contributed by atoms with Crippen LogP contribution in [0.1, 0.15) is 47.2 Å². The van der Waals surface area contributed by atoms with Gasteiger partial charge in [-0.05, 0) is 49.1 Å². The van der Waals surface area contributed by atoms with Crippen LogP contribution in [0.3, 0.4) is 0 Å². The van der Waals surface area contributed by atoms with Crippen LogP contribution in [0.25, 0.3) is 0 Å². The Hall–Kier alpha value is -2.89. The molecule has 1 aliphatic rings. The molecule has 1 aromatic heterocycles. The van der Waals surface area contributed by atoms with Gasteiger partial charge in [-0.25, -0.2) is 4.79 Å². The minimum absolute atomic E-state index is 0.00688. The number of amides is 3. The zero-order chi connectivity index (χ0) is 19.1. The Bertz CT molecular complexity index is 779. The van der Waals surface area contributed by atoms with Crippen molar-refractivity contribution >= 4 is 11.9 Å². The van der Waals surface area contributed by atoms with Gasteiger partial charge < -0.3 is 15.5 Å². The number of nitrogens with zero attached hydrogens (tertiary/aromatic N) is 2. The molecule has 1 aromatic carbocycles. The molecule has 2 aromatic rings. The highest BCUT2D eigenvalue weighted by molar-refractivity contribution is 5.94. The summed E-state index contributed by atoms with van der Waals surface area (Å²) in [6, 6.07) is 11.5. The Morgan fingerprint density at radius 3 is 2.89 bits per heavy atom. The Balaban J connectivity index is 1.64. The smallest absolute Gasteiger partial charge is 0.317 e. The Morgan fingerprint density at radius 2 is 2.11 bits per heavy atom. The van der Waals surface area contributed by atoms with Crippen LogP contribution < -0.4 is 10.6 Å². The van der Waals surface area contributed by atoms with Crippen LogP contribution in [0.2, 0.25) is 0 Å². The van der Waals surface area contributed by atoms with Crippen molar-refractivity contribution in [2.75, 3.05) is 19.6 Å². The third kappa shape index (κ3) is 5.06. The minimum Gasteiger partial charge on any atom is -0.348 e. The highest BCUT2D eigenvalue weighted by atomic mass is 16.2. The molecule has 1 saturated heterocycles. The summed E-state index contributed by atoms with van der Waals surface area (Å²) < 4.78 is 0. The van der Waals surface area contributed by atoms with Crippen molar-refractivity contribution in [2.45, 2.75) is 32.2 Å². The maximum Gasteiger partial charge on any atom is 0.317 e. The van der Waals surface area contributed by atoms with E-state index in [0.29, 0.717) is 25.2 Å². The largest absolute Gasteiger partial charge is 0.348 e. The number of benzene rings is 1. The van der Waals surface area contributed by atoms with Gasteiger partial charge in [0.15, 0.2) is 0 Å². The van der Waals surface area contributed by atoms with E-state index in [0.717, 1.165) is 30.5 Å². The molecule has 3 amide bonds. The van der Waals surface area contributed by atoms with Crippen molar-refractivity contribution in [3.05, 3.63) is 65.5 Å². The van der Waals surface area contributed by atoms with E-state index in [-0.39, 0.29) is 17.9 Å². The van der Waals surface area contributed by atoms with E-state index in [1.54, 1.807) is 12.4 Å². The lowest BCUT2D eigenvalue weighted by molar-refractivity contribution is 0.0950. The second kappa shape index (κ2) is 9.16. The van der Waals surface area contributed by atoms with Crippen LogP contribution in [0.5, 0.6) is 0 Å². The summed E-state index contributed by atoms with van der Waals surface area (Å²) in [4.78, 5) is 30.5. The summed E-state index contributed by atoms with van der Waals surface area (Å²) in [6.45, 7) is 4.48. The molecule has 6 heteroatoms. The van der Waals surface area contributed by atoms with E-state index in [1.807, 2.05) is 48.2 Å². The number of rotatable bonds is 5. The van der Waals surface area contributed by atoms with Crippen molar-refractivity contribution in [1.82, 2.24) is 20.5 Å². The minimum atomic E-state index is -0.0999. The van der Waals surface area contributed by atoms with E-state index >= 15 is 0 Å². The Labute approximate surface area is 160 Å². The number of nitrogens with one attached hydrogen (secondary N) is 2. The third-order valence-corrected chi connectivity index (χ3v) is 4.83. The quantitative estimate of drug-likeness (QED) is 0.854. The molecule has 2 heterocycles. The second-order valence-electron chi connectivity index (χ2n) is 6.79. The molecule has 0 spiro atoms. The average Bonchev–Trinajstić information content (AvgIpc) is 2.73. The fraction of sp³-hybridized carbons (Fsp3) is 0.381. The van der Waals surface area contributed by atoms with Gasteiger partial charge in [-0.2, -0.15) is 0 Å². The summed E-state index contributed by atoms with van der Waals surface area (Å²) in [5.41, 5.74) is 2.72. The lowest BCUT2D eigenvalue weighted by atomic mass is 9.89. The number of hydrogen-bond acceptors (Lipinski definition) is 3. The molecular formula is C21H26N4O2. The van der Waals surface area contributed by atoms with Gasteiger partial charge >= 0.3 is 6.03 Å². The summed E-state index contributed by atoms with van der Waals surface area (Å²) in [5, 5.41) is 5.80. The molecule has 1 aliphatic heterocycles. The summed E-state index contributed by atoms with van der Waals surface area (Å²) >= 11 is 0. The highest BCUT2D eigenvalue weighted by Crippen LogP contribution is 2.27. The van der Waals surface area contributed by atoms with Crippen LogP contribution in [0, 0.1) is 0 Å². The first kappa shape index (κ1) is 18.9. The van der Waals surface area contributed by atoms with Crippen LogP contribution >= 0.6 is 0 Å². The van der Waals surface area contributed by atoms with Gasteiger partial charge in [0.2, 0.25) is 0 Å². The molecule has 0 bridgehead atoms. The number of urea groups is 1. The van der Waals surface area contributed by atoms with Gasteiger partial charge in [-0.15, -0.1) is 0 Å². The van der Waals surface area contributed by atoms with Crippen molar-refractivity contribution in [2.24, 2.45) is 0 Å².